The second-order valence-electron chi connectivity index (χ2n) is 5.15. The number of carbonyl (C=O) groups is 1. The van der Waals surface area contributed by atoms with Crippen molar-refractivity contribution in [3.05, 3.63) is 72.2 Å². The SMILES string of the molecule is CN(C)/C=C1/C(=O)N(c2ccccc2)N=C1c1cccnc1. The van der Waals surface area contributed by atoms with Crippen LogP contribution in [-0.2, 0) is 4.79 Å². The quantitative estimate of drug-likeness (QED) is 0.815. The van der Waals surface area contributed by atoms with Gasteiger partial charge in [-0.15, -0.1) is 0 Å². The molecule has 0 saturated heterocycles. The fourth-order valence-corrected chi connectivity index (χ4v) is 2.25. The van der Waals surface area contributed by atoms with E-state index in [0.29, 0.717) is 11.3 Å². The molecule has 2 aromatic rings. The molecule has 0 N–H and O–H groups in total. The lowest BCUT2D eigenvalue weighted by Gasteiger charge is -2.11. The van der Waals surface area contributed by atoms with E-state index < -0.39 is 0 Å². The first-order valence-corrected chi connectivity index (χ1v) is 6.94. The van der Waals surface area contributed by atoms with Crippen LogP contribution in [0, 0.1) is 0 Å². The second kappa shape index (κ2) is 5.81. The number of hydrogen-bond acceptors (Lipinski definition) is 4. The number of rotatable bonds is 3. The average molecular weight is 292 g/mol. The molecule has 1 aromatic heterocycles. The van der Waals surface area contributed by atoms with Crippen LogP contribution >= 0.6 is 0 Å². The number of pyridine rings is 1. The van der Waals surface area contributed by atoms with Gasteiger partial charge in [0.2, 0.25) is 0 Å². The van der Waals surface area contributed by atoms with Gasteiger partial charge in [-0.05, 0) is 24.3 Å². The van der Waals surface area contributed by atoms with Crippen molar-refractivity contribution in [3.63, 3.8) is 0 Å². The number of nitrogens with zero attached hydrogens (tertiary/aromatic N) is 4. The molecule has 110 valence electrons. The molecule has 2 heterocycles. The summed E-state index contributed by atoms with van der Waals surface area (Å²) in [5.74, 6) is -0.140. The van der Waals surface area contributed by atoms with Gasteiger partial charge in [0.05, 0.1) is 11.3 Å². The molecule has 5 nitrogen and oxygen atoms in total. The Labute approximate surface area is 129 Å². The molecule has 0 saturated carbocycles. The van der Waals surface area contributed by atoms with Crippen molar-refractivity contribution in [2.24, 2.45) is 5.10 Å². The number of aromatic nitrogens is 1. The molecule has 0 radical (unpaired) electrons. The van der Waals surface area contributed by atoms with Crippen molar-refractivity contribution in [1.29, 1.82) is 0 Å². The van der Waals surface area contributed by atoms with E-state index in [0.717, 1.165) is 11.3 Å². The van der Waals surface area contributed by atoms with E-state index in [1.807, 2.05) is 61.5 Å². The number of hydrogen-bond donors (Lipinski definition) is 0. The lowest BCUT2D eigenvalue weighted by molar-refractivity contribution is -0.114. The van der Waals surface area contributed by atoms with Crippen molar-refractivity contribution in [1.82, 2.24) is 9.88 Å². The van der Waals surface area contributed by atoms with E-state index in [1.165, 1.54) is 5.01 Å². The van der Waals surface area contributed by atoms with Gasteiger partial charge in [0.15, 0.2) is 0 Å². The average Bonchev–Trinajstić information content (AvgIpc) is 2.86. The minimum Gasteiger partial charge on any atom is -0.383 e. The molecule has 1 aromatic carbocycles. The normalized spacial score (nSPS) is 16.1. The number of amides is 1. The smallest absolute Gasteiger partial charge is 0.282 e. The molecule has 1 amide bonds. The molecule has 0 atom stereocenters. The summed E-state index contributed by atoms with van der Waals surface area (Å²) in [7, 11) is 3.76. The minimum absolute atomic E-state index is 0.140. The number of para-hydroxylation sites is 1. The monoisotopic (exact) mass is 292 g/mol. The van der Waals surface area contributed by atoms with Crippen molar-refractivity contribution < 1.29 is 4.79 Å². The van der Waals surface area contributed by atoms with E-state index >= 15 is 0 Å². The summed E-state index contributed by atoms with van der Waals surface area (Å²) >= 11 is 0. The second-order valence-corrected chi connectivity index (χ2v) is 5.15. The number of benzene rings is 1. The zero-order valence-corrected chi connectivity index (χ0v) is 12.5. The van der Waals surface area contributed by atoms with Crippen LogP contribution in [-0.4, -0.2) is 35.6 Å². The summed E-state index contributed by atoms with van der Waals surface area (Å²) in [6.07, 6.45) is 5.20. The summed E-state index contributed by atoms with van der Waals surface area (Å²) in [6.45, 7) is 0. The first-order chi connectivity index (χ1) is 10.7. The highest BCUT2D eigenvalue weighted by atomic mass is 16.2. The lowest BCUT2D eigenvalue weighted by atomic mass is 10.1. The molecular weight excluding hydrogens is 276 g/mol. The summed E-state index contributed by atoms with van der Waals surface area (Å²) in [6, 6.07) is 13.1. The molecule has 0 bridgehead atoms. The predicted octanol–water partition coefficient (Wildman–Crippen LogP) is 2.28. The third-order valence-electron chi connectivity index (χ3n) is 3.20. The number of carbonyl (C=O) groups excluding carboxylic acids is 1. The number of hydrazone groups is 1. The van der Waals surface area contributed by atoms with Crippen LogP contribution in [0.25, 0.3) is 0 Å². The van der Waals surface area contributed by atoms with Crippen molar-refractivity contribution in [2.75, 3.05) is 19.1 Å². The molecular formula is C17H16N4O. The Morgan fingerprint density at radius 2 is 1.86 bits per heavy atom. The van der Waals surface area contributed by atoms with E-state index in [2.05, 4.69) is 10.1 Å². The largest absolute Gasteiger partial charge is 0.383 e. The Morgan fingerprint density at radius 3 is 2.50 bits per heavy atom. The van der Waals surface area contributed by atoms with Gasteiger partial charge in [0, 0.05) is 38.3 Å². The van der Waals surface area contributed by atoms with Crippen LogP contribution in [0.3, 0.4) is 0 Å². The molecule has 22 heavy (non-hydrogen) atoms. The van der Waals surface area contributed by atoms with Gasteiger partial charge in [-0.1, -0.05) is 18.2 Å². The highest BCUT2D eigenvalue weighted by molar-refractivity contribution is 6.35. The van der Waals surface area contributed by atoms with Gasteiger partial charge < -0.3 is 4.90 Å². The van der Waals surface area contributed by atoms with E-state index in [1.54, 1.807) is 18.6 Å². The van der Waals surface area contributed by atoms with Crippen molar-refractivity contribution in [3.8, 4) is 0 Å². The molecule has 1 aliphatic rings. The molecule has 0 aliphatic carbocycles. The van der Waals surface area contributed by atoms with Crippen LogP contribution in [0.1, 0.15) is 5.56 Å². The van der Waals surface area contributed by atoms with Crippen LogP contribution in [0.5, 0.6) is 0 Å². The Hall–Kier alpha value is -2.95. The third kappa shape index (κ3) is 2.61. The Morgan fingerprint density at radius 1 is 1.09 bits per heavy atom. The van der Waals surface area contributed by atoms with Crippen LogP contribution in [0.2, 0.25) is 0 Å². The summed E-state index contributed by atoms with van der Waals surface area (Å²) in [5.41, 5.74) is 2.76. The topological polar surface area (TPSA) is 48.8 Å². The fraction of sp³-hybridized carbons (Fsp3) is 0.118. The Kier molecular flexibility index (Phi) is 3.70. The van der Waals surface area contributed by atoms with Gasteiger partial charge in [-0.25, -0.2) is 0 Å². The fourth-order valence-electron chi connectivity index (χ4n) is 2.25. The highest BCUT2D eigenvalue weighted by Crippen LogP contribution is 2.25. The Balaban J connectivity index is 2.09. The van der Waals surface area contributed by atoms with E-state index in [-0.39, 0.29) is 5.91 Å². The summed E-state index contributed by atoms with van der Waals surface area (Å²) < 4.78 is 0. The van der Waals surface area contributed by atoms with Gasteiger partial charge in [0.1, 0.15) is 5.71 Å². The summed E-state index contributed by atoms with van der Waals surface area (Å²) in [5, 5.41) is 5.94. The highest BCUT2D eigenvalue weighted by Gasteiger charge is 2.32. The lowest BCUT2D eigenvalue weighted by Crippen LogP contribution is -2.22. The van der Waals surface area contributed by atoms with Crippen LogP contribution < -0.4 is 5.01 Å². The standard InChI is InChI=1S/C17H16N4O/c1-20(2)12-15-16(13-7-6-10-18-11-13)19-21(17(15)22)14-8-4-3-5-9-14/h3-12H,1-2H3/b15-12+. The predicted molar refractivity (Wildman–Crippen MR) is 86.5 cm³/mol. The van der Waals surface area contributed by atoms with E-state index in [9.17, 15) is 4.79 Å². The third-order valence-corrected chi connectivity index (χ3v) is 3.20. The van der Waals surface area contributed by atoms with Gasteiger partial charge in [-0.3, -0.25) is 9.78 Å². The molecule has 0 fully saturated rings. The molecule has 1 aliphatic heterocycles. The number of anilines is 1. The minimum atomic E-state index is -0.140. The maximum Gasteiger partial charge on any atom is 0.282 e. The maximum atomic E-state index is 12.7. The zero-order valence-electron chi connectivity index (χ0n) is 12.5. The first kappa shape index (κ1) is 14.0. The van der Waals surface area contributed by atoms with Crippen LogP contribution in [0.4, 0.5) is 5.69 Å². The van der Waals surface area contributed by atoms with Gasteiger partial charge >= 0.3 is 0 Å². The van der Waals surface area contributed by atoms with Gasteiger partial charge in [-0.2, -0.15) is 10.1 Å². The summed E-state index contributed by atoms with van der Waals surface area (Å²) in [4.78, 5) is 18.7. The molecule has 3 rings (SSSR count). The maximum absolute atomic E-state index is 12.7. The molecule has 5 heteroatoms. The molecule has 0 spiro atoms. The molecule has 0 unspecified atom stereocenters. The Bertz CT molecular complexity index is 736. The van der Waals surface area contributed by atoms with Crippen molar-refractivity contribution in [2.45, 2.75) is 0 Å². The van der Waals surface area contributed by atoms with Crippen molar-refractivity contribution >= 4 is 17.3 Å². The zero-order chi connectivity index (χ0) is 15.5. The van der Waals surface area contributed by atoms with Gasteiger partial charge in [0.25, 0.3) is 5.91 Å². The first-order valence-electron chi connectivity index (χ1n) is 6.94. The van der Waals surface area contributed by atoms with E-state index in [4.69, 9.17) is 0 Å². The van der Waals surface area contributed by atoms with Crippen LogP contribution in [0.15, 0.2) is 71.7 Å².